The van der Waals surface area contributed by atoms with E-state index in [9.17, 15) is 0 Å². The Morgan fingerprint density at radius 2 is 1.50 bits per heavy atom. The second-order valence-electron chi connectivity index (χ2n) is 4.68. The van der Waals surface area contributed by atoms with Crippen LogP contribution in [0.15, 0.2) is 53.6 Å². The van der Waals surface area contributed by atoms with Crippen LogP contribution in [0, 0.1) is 0 Å². The van der Waals surface area contributed by atoms with Gasteiger partial charge in [-0.1, -0.05) is 35.3 Å². The van der Waals surface area contributed by atoms with Crippen molar-refractivity contribution in [1.29, 1.82) is 0 Å². The van der Waals surface area contributed by atoms with Crippen LogP contribution >= 0.6 is 23.2 Å². The number of nitrogens with two attached hydrogens (primary N) is 1. The Morgan fingerprint density at radius 1 is 0.950 bits per heavy atom. The lowest BCUT2D eigenvalue weighted by atomic mass is 10.0. The minimum absolute atomic E-state index is 0.0912. The standard InChI is InChI=1S/C15H13Cl2N3/c16-11-3-1-10(2-4-11)14-9-15(18)19-20(14)13-7-5-12(17)6-8-13/h1-8,14H,9H2,(H2,18,19). The molecular formula is C15H13Cl2N3. The smallest absolute Gasteiger partial charge is 0.122 e. The van der Waals surface area contributed by atoms with Gasteiger partial charge in [0.25, 0.3) is 0 Å². The molecule has 0 radical (unpaired) electrons. The molecule has 0 saturated heterocycles. The Balaban J connectivity index is 1.95. The van der Waals surface area contributed by atoms with Gasteiger partial charge in [0.1, 0.15) is 5.84 Å². The molecule has 3 nitrogen and oxygen atoms in total. The molecule has 102 valence electrons. The quantitative estimate of drug-likeness (QED) is 0.902. The van der Waals surface area contributed by atoms with E-state index in [1.54, 1.807) is 0 Å². The van der Waals surface area contributed by atoms with Crippen LogP contribution < -0.4 is 10.7 Å². The topological polar surface area (TPSA) is 41.6 Å². The minimum atomic E-state index is 0.0912. The molecule has 1 heterocycles. The molecule has 3 rings (SSSR count). The number of nitrogens with zero attached hydrogens (tertiary/aromatic N) is 2. The SMILES string of the molecule is NC1=NN(c2ccc(Cl)cc2)C(c2ccc(Cl)cc2)C1. The van der Waals surface area contributed by atoms with Gasteiger partial charge in [0.05, 0.1) is 11.7 Å². The predicted octanol–water partition coefficient (Wildman–Crippen LogP) is 4.22. The molecule has 1 aliphatic rings. The zero-order valence-corrected chi connectivity index (χ0v) is 12.1. The van der Waals surface area contributed by atoms with E-state index in [4.69, 9.17) is 28.9 Å². The first-order chi connectivity index (χ1) is 9.63. The van der Waals surface area contributed by atoms with Gasteiger partial charge in [-0.2, -0.15) is 5.10 Å². The van der Waals surface area contributed by atoms with Crippen LogP contribution in [0.25, 0.3) is 0 Å². The molecule has 0 saturated carbocycles. The van der Waals surface area contributed by atoms with E-state index < -0.39 is 0 Å². The maximum Gasteiger partial charge on any atom is 0.122 e. The fourth-order valence-corrected chi connectivity index (χ4v) is 2.56. The number of hydrogen-bond acceptors (Lipinski definition) is 3. The normalized spacial score (nSPS) is 18.2. The highest BCUT2D eigenvalue weighted by Gasteiger charge is 2.27. The minimum Gasteiger partial charge on any atom is -0.386 e. The summed E-state index contributed by atoms with van der Waals surface area (Å²) in [5.41, 5.74) is 8.01. The van der Waals surface area contributed by atoms with Gasteiger partial charge in [-0.3, -0.25) is 5.01 Å². The van der Waals surface area contributed by atoms with Gasteiger partial charge in [0.2, 0.25) is 0 Å². The van der Waals surface area contributed by atoms with Gasteiger partial charge in [-0.05, 0) is 42.0 Å². The van der Waals surface area contributed by atoms with Crippen LogP contribution in [0.4, 0.5) is 5.69 Å². The third kappa shape index (κ3) is 2.60. The second kappa shape index (κ2) is 5.35. The van der Waals surface area contributed by atoms with Crippen molar-refractivity contribution in [2.24, 2.45) is 10.8 Å². The van der Waals surface area contributed by atoms with Crippen LogP contribution in [0.5, 0.6) is 0 Å². The Bertz CT molecular complexity index is 635. The Hall–Kier alpha value is -1.71. The monoisotopic (exact) mass is 305 g/mol. The summed E-state index contributed by atoms with van der Waals surface area (Å²) in [4.78, 5) is 0. The van der Waals surface area contributed by atoms with Crippen LogP contribution in [0.1, 0.15) is 18.0 Å². The van der Waals surface area contributed by atoms with E-state index in [1.165, 1.54) is 0 Å². The molecule has 1 unspecified atom stereocenters. The van der Waals surface area contributed by atoms with Crippen molar-refractivity contribution in [2.45, 2.75) is 12.5 Å². The van der Waals surface area contributed by atoms with Gasteiger partial charge < -0.3 is 5.73 Å². The summed E-state index contributed by atoms with van der Waals surface area (Å²) in [5.74, 6) is 0.625. The lowest BCUT2D eigenvalue weighted by Crippen LogP contribution is -2.18. The van der Waals surface area contributed by atoms with Gasteiger partial charge in [-0.15, -0.1) is 0 Å². The number of anilines is 1. The summed E-state index contributed by atoms with van der Waals surface area (Å²) < 4.78 is 0. The zero-order chi connectivity index (χ0) is 14.1. The summed E-state index contributed by atoms with van der Waals surface area (Å²) in [6, 6.07) is 15.4. The summed E-state index contributed by atoms with van der Waals surface area (Å²) >= 11 is 11.9. The number of amidine groups is 1. The molecule has 0 aliphatic carbocycles. The van der Waals surface area contributed by atoms with Gasteiger partial charge in [0.15, 0.2) is 0 Å². The molecule has 0 aromatic heterocycles. The van der Waals surface area contributed by atoms with Crippen LogP contribution in [0.2, 0.25) is 10.0 Å². The van der Waals surface area contributed by atoms with E-state index in [-0.39, 0.29) is 6.04 Å². The molecular weight excluding hydrogens is 293 g/mol. The van der Waals surface area contributed by atoms with E-state index in [0.717, 1.165) is 16.3 Å². The third-order valence-electron chi connectivity index (χ3n) is 3.28. The largest absolute Gasteiger partial charge is 0.386 e. The van der Waals surface area contributed by atoms with Crippen molar-refractivity contribution in [2.75, 3.05) is 5.01 Å². The first kappa shape index (κ1) is 13.3. The first-order valence-corrected chi connectivity index (χ1v) is 7.02. The van der Waals surface area contributed by atoms with Gasteiger partial charge in [-0.25, -0.2) is 0 Å². The summed E-state index contributed by atoms with van der Waals surface area (Å²) in [7, 11) is 0. The van der Waals surface area contributed by atoms with Crippen molar-refractivity contribution in [3.8, 4) is 0 Å². The van der Waals surface area contributed by atoms with E-state index in [2.05, 4.69) is 5.10 Å². The zero-order valence-electron chi connectivity index (χ0n) is 10.6. The third-order valence-corrected chi connectivity index (χ3v) is 3.78. The Kier molecular flexibility index (Phi) is 3.55. The summed E-state index contributed by atoms with van der Waals surface area (Å²) in [5, 5.41) is 7.77. The van der Waals surface area contributed by atoms with Crippen LogP contribution in [-0.2, 0) is 0 Å². The Labute approximate surface area is 127 Å². The molecule has 20 heavy (non-hydrogen) atoms. The van der Waals surface area contributed by atoms with Gasteiger partial charge >= 0.3 is 0 Å². The molecule has 1 aliphatic heterocycles. The van der Waals surface area contributed by atoms with Crippen LogP contribution in [-0.4, -0.2) is 5.84 Å². The van der Waals surface area contributed by atoms with Crippen molar-refractivity contribution >= 4 is 34.7 Å². The molecule has 5 heteroatoms. The van der Waals surface area contributed by atoms with E-state index in [1.807, 2.05) is 53.5 Å². The molecule has 1 atom stereocenters. The van der Waals surface area contributed by atoms with E-state index >= 15 is 0 Å². The molecule has 0 bridgehead atoms. The van der Waals surface area contributed by atoms with Crippen molar-refractivity contribution in [1.82, 2.24) is 0 Å². The van der Waals surface area contributed by atoms with Crippen molar-refractivity contribution < 1.29 is 0 Å². The average molecular weight is 306 g/mol. The average Bonchev–Trinajstić information content (AvgIpc) is 2.82. The number of hydrogen-bond donors (Lipinski definition) is 1. The highest BCUT2D eigenvalue weighted by Crippen LogP contribution is 2.35. The van der Waals surface area contributed by atoms with Crippen LogP contribution in [0.3, 0.4) is 0 Å². The van der Waals surface area contributed by atoms with E-state index in [0.29, 0.717) is 17.3 Å². The number of rotatable bonds is 2. The molecule has 0 fully saturated rings. The fraction of sp³-hybridized carbons (Fsp3) is 0.133. The number of halogens is 2. The summed E-state index contributed by atoms with van der Waals surface area (Å²) in [6.07, 6.45) is 0.699. The highest BCUT2D eigenvalue weighted by atomic mass is 35.5. The molecule has 2 aromatic rings. The van der Waals surface area contributed by atoms with Crippen molar-refractivity contribution in [3.05, 3.63) is 64.1 Å². The maximum absolute atomic E-state index is 5.94. The molecule has 0 spiro atoms. The highest BCUT2D eigenvalue weighted by molar-refractivity contribution is 6.30. The molecule has 2 N–H and O–H groups in total. The first-order valence-electron chi connectivity index (χ1n) is 6.27. The van der Waals surface area contributed by atoms with Gasteiger partial charge in [0, 0.05) is 16.5 Å². The lowest BCUT2D eigenvalue weighted by molar-refractivity contribution is 0.708. The van der Waals surface area contributed by atoms with Crippen molar-refractivity contribution in [3.63, 3.8) is 0 Å². The molecule has 2 aromatic carbocycles. The second-order valence-corrected chi connectivity index (χ2v) is 5.56. The predicted molar refractivity (Wildman–Crippen MR) is 84.4 cm³/mol. The number of hydrazone groups is 1. The Morgan fingerprint density at radius 3 is 2.10 bits per heavy atom. The summed E-state index contributed by atoms with van der Waals surface area (Å²) in [6.45, 7) is 0. The lowest BCUT2D eigenvalue weighted by Gasteiger charge is -2.23. The number of benzene rings is 2. The molecule has 0 amide bonds. The maximum atomic E-state index is 5.94. The fourth-order valence-electron chi connectivity index (χ4n) is 2.31.